The predicted octanol–water partition coefficient (Wildman–Crippen LogP) is 3.70. The predicted molar refractivity (Wildman–Crippen MR) is 98.9 cm³/mol. The third kappa shape index (κ3) is 3.97. The van der Waals surface area contributed by atoms with Gasteiger partial charge in [-0.25, -0.2) is 4.79 Å². The van der Waals surface area contributed by atoms with Gasteiger partial charge in [-0.1, -0.05) is 29.8 Å². The number of rotatable bonds is 5. The van der Waals surface area contributed by atoms with E-state index in [9.17, 15) is 9.59 Å². The number of nitrogens with one attached hydrogen (secondary N) is 1. The number of nitrogen functional groups attached to an aromatic ring is 1. The number of anilines is 1. The molecule has 0 radical (unpaired) electrons. The lowest BCUT2D eigenvalue weighted by atomic mass is 10.2. The summed E-state index contributed by atoms with van der Waals surface area (Å²) in [7, 11) is 0. The average molecular weight is 373 g/mol. The number of hydrogen-bond donors (Lipinski definition) is 2. The molecule has 0 unspecified atom stereocenters. The average Bonchev–Trinajstić information content (AvgIpc) is 3.04. The number of fused-ring (bicyclic) bond motifs is 1. The van der Waals surface area contributed by atoms with Crippen molar-refractivity contribution in [2.24, 2.45) is 0 Å². The summed E-state index contributed by atoms with van der Waals surface area (Å²) >= 11 is 5.79. The Hall–Kier alpha value is -2.99. The molecule has 0 saturated carbocycles. The van der Waals surface area contributed by atoms with Crippen molar-refractivity contribution >= 4 is 40.1 Å². The molecule has 26 heavy (non-hydrogen) atoms. The van der Waals surface area contributed by atoms with Crippen molar-refractivity contribution < 1.29 is 18.7 Å². The van der Waals surface area contributed by atoms with E-state index in [4.69, 9.17) is 26.5 Å². The smallest absolute Gasteiger partial charge is 0.340 e. The summed E-state index contributed by atoms with van der Waals surface area (Å²) in [4.78, 5) is 24.0. The highest BCUT2D eigenvalue weighted by atomic mass is 35.5. The van der Waals surface area contributed by atoms with Gasteiger partial charge < -0.3 is 20.2 Å². The fraction of sp³-hybridized carbons (Fsp3) is 0.158. The topological polar surface area (TPSA) is 94.6 Å². The maximum atomic E-state index is 12.0. The van der Waals surface area contributed by atoms with E-state index in [0.29, 0.717) is 10.8 Å². The molecule has 0 aliphatic carbocycles. The minimum Gasteiger partial charge on any atom is -0.459 e. The van der Waals surface area contributed by atoms with Crippen LogP contribution in [0.2, 0.25) is 5.02 Å². The number of ether oxygens (including phenoxy) is 1. The highest BCUT2D eigenvalue weighted by Crippen LogP contribution is 2.23. The quantitative estimate of drug-likeness (QED) is 0.526. The molecule has 0 aliphatic heterocycles. The molecule has 0 fully saturated rings. The van der Waals surface area contributed by atoms with Gasteiger partial charge in [-0.2, -0.15) is 0 Å². The Balaban J connectivity index is 1.57. The molecule has 3 N–H and O–H groups in total. The van der Waals surface area contributed by atoms with Crippen LogP contribution in [0.1, 0.15) is 29.1 Å². The van der Waals surface area contributed by atoms with Crippen LogP contribution in [-0.4, -0.2) is 18.5 Å². The van der Waals surface area contributed by atoms with Gasteiger partial charge in [0.05, 0.1) is 11.6 Å². The van der Waals surface area contributed by atoms with Gasteiger partial charge in [0, 0.05) is 16.1 Å². The summed E-state index contributed by atoms with van der Waals surface area (Å²) < 4.78 is 10.7. The molecule has 3 aromatic rings. The summed E-state index contributed by atoms with van der Waals surface area (Å²) in [6.45, 7) is 1.36. The first-order valence-corrected chi connectivity index (χ1v) is 8.32. The van der Waals surface area contributed by atoms with Crippen LogP contribution in [0.4, 0.5) is 5.69 Å². The third-order valence-corrected chi connectivity index (χ3v) is 4.05. The zero-order valence-corrected chi connectivity index (χ0v) is 14.7. The van der Waals surface area contributed by atoms with Crippen LogP contribution in [0, 0.1) is 0 Å². The highest BCUT2D eigenvalue weighted by molar-refractivity contribution is 6.31. The highest BCUT2D eigenvalue weighted by Gasteiger charge is 2.17. The van der Waals surface area contributed by atoms with E-state index in [1.807, 2.05) is 30.3 Å². The first-order chi connectivity index (χ1) is 12.4. The molecule has 0 aliphatic rings. The maximum absolute atomic E-state index is 12.0. The number of halogens is 1. The molecule has 1 atom stereocenters. The van der Waals surface area contributed by atoms with Gasteiger partial charge in [0.15, 0.2) is 6.61 Å². The van der Waals surface area contributed by atoms with Crippen molar-refractivity contribution in [2.75, 3.05) is 12.3 Å². The summed E-state index contributed by atoms with van der Waals surface area (Å²) in [6, 6.07) is 13.5. The summed E-state index contributed by atoms with van der Waals surface area (Å²) in [6.07, 6.45) is 0. The standard InChI is InChI=1S/C19H17ClN2O4/c1-11(17-8-12-4-2-3-5-16(12)26-17)22-18(23)10-25-19(24)14-7-6-13(20)9-15(14)21/h2-9,11H,10,21H2,1H3,(H,22,23)/t11-/m1/s1. The number of nitrogens with two attached hydrogens (primary N) is 1. The normalized spacial score (nSPS) is 11.9. The summed E-state index contributed by atoms with van der Waals surface area (Å²) in [5, 5.41) is 4.09. The Bertz CT molecular complexity index is 934. The second-order valence-corrected chi connectivity index (χ2v) is 6.22. The summed E-state index contributed by atoms with van der Waals surface area (Å²) in [5.41, 5.74) is 6.82. The number of benzene rings is 2. The second-order valence-electron chi connectivity index (χ2n) is 5.78. The fourth-order valence-corrected chi connectivity index (χ4v) is 2.68. The summed E-state index contributed by atoms with van der Waals surface area (Å²) in [5.74, 6) is -0.516. The van der Waals surface area contributed by atoms with Crippen molar-refractivity contribution in [3.05, 3.63) is 64.9 Å². The van der Waals surface area contributed by atoms with Crippen molar-refractivity contribution in [3.8, 4) is 0 Å². The molecule has 1 heterocycles. The molecular weight excluding hydrogens is 356 g/mol. The van der Waals surface area contributed by atoms with Crippen LogP contribution in [0.15, 0.2) is 52.9 Å². The zero-order chi connectivity index (χ0) is 18.7. The first-order valence-electron chi connectivity index (χ1n) is 7.94. The Morgan fingerprint density at radius 3 is 2.73 bits per heavy atom. The number of furan rings is 1. The Kier molecular flexibility index (Phi) is 5.14. The Morgan fingerprint density at radius 1 is 1.23 bits per heavy atom. The van der Waals surface area contributed by atoms with Crippen LogP contribution in [0.25, 0.3) is 11.0 Å². The second kappa shape index (κ2) is 7.49. The van der Waals surface area contributed by atoms with Gasteiger partial charge >= 0.3 is 5.97 Å². The van der Waals surface area contributed by atoms with Crippen LogP contribution >= 0.6 is 11.6 Å². The molecule has 2 aromatic carbocycles. The molecule has 7 heteroatoms. The van der Waals surface area contributed by atoms with Crippen molar-refractivity contribution in [1.29, 1.82) is 0 Å². The molecule has 1 aromatic heterocycles. The molecule has 0 bridgehead atoms. The molecule has 134 valence electrons. The van der Waals surface area contributed by atoms with Crippen LogP contribution < -0.4 is 11.1 Å². The maximum Gasteiger partial charge on any atom is 0.340 e. The minimum atomic E-state index is -0.689. The molecule has 0 spiro atoms. The lowest BCUT2D eigenvalue weighted by Gasteiger charge is -2.12. The lowest BCUT2D eigenvalue weighted by Crippen LogP contribution is -2.31. The van der Waals surface area contributed by atoms with E-state index in [1.54, 1.807) is 6.92 Å². The van der Waals surface area contributed by atoms with Crippen LogP contribution in [0.5, 0.6) is 0 Å². The van der Waals surface area contributed by atoms with E-state index in [0.717, 1.165) is 11.0 Å². The van der Waals surface area contributed by atoms with Crippen LogP contribution in [0.3, 0.4) is 0 Å². The number of esters is 1. The van der Waals surface area contributed by atoms with Gasteiger partial charge in [0.2, 0.25) is 0 Å². The Morgan fingerprint density at radius 2 is 2.00 bits per heavy atom. The van der Waals surface area contributed by atoms with E-state index in [1.165, 1.54) is 18.2 Å². The van der Waals surface area contributed by atoms with Crippen molar-refractivity contribution in [3.63, 3.8) is 0 Å². The molecule has 6 nitrogen and oxygen atoms in total. The number of amides is 1. The number of carbonyl (C=O) groups is 2. The molecule has 0 saturated heterocycles. The SMILES string of the molecule is C[C@@H](NC(=O)COC(=O)c1ccc(Cl)cc1N)c1cc2ccccc2o1. The van der Waals surface area contributed by atoms with Gasteiger partial charge in [-0.3, -0.25) is 4.79 Å². The molecular formula is C19H17ClN2O4. The zero-order valence-electron chi connectivity index (χ0n) is 14.0. The molecule has 1 amide bonds. The number of para-hydroxylation sites is 1. The Labute approximate surface area is 154 Å². The monoisotopic (exact) mass is 372 g/mol. The van der Waals surface area contributed by atoms with Gasteiger partial charge in [-0.05, 0) is 37.3 Å². The van der Waals surface area contributed by atoms with Gasteiger partial charge in [-0.15, -0.1) is 0 Å². The third-order valence-electron chi connectivity index (χ3n) is 3.82. The van der Waals surface area contributed by atoms with E-state index >= 15 is 0 Å². The number of hydrogen-bond acceptors (Lipinski definition) is 5. The van der Waals surface area contributed by atoms with Crippen molar-refractivity contribution in [1.82, 2.24) is 5.32 Å². The van der Waals surface area contributed by atoms with E-state index in [2.05, 4.69) is 5.32 Å². The van der Waals surface area contributed by atoms with Crippen LogP contribution in [-0.2, 0) is 9.53 Å². The van der Waals surface area contributed by atoms with E-state index in [-0.39, 0.29) is 17.3 Å². The lowest BCUT2D eigenvalue weighted by molar-refractivity contribution is -0.125. The fourth-order valence-electron chi connectivity index (χ4n) is 2.50. The van der Waals surface area contributed by atoms with E-state index < -0.39 is 18.5 Å². The van der Waals surface area contributed by atoms with Gasteiger partial charge in [0.25, 0.3) is 5.91 Å². The van der Waals surface area contributed by atoms with Gasteiger partial charge in [0.1, 0.15) is 11.3 Å². The van der Waals surface area contributed by atoms with Crippen molar-refractivity contribution in [2.45, 2.75) is 13.0 Å². The largest absolute Gasteiger partial charge is 0.459 e. The number of carbonyl (C=O) groups excluding carboxylic acids is 2. The minimum absolute atomic E-state index is 0.160. The molecule has 3 rings (SSSR count). The first kappa shape index (κ1) is 17.8.